The first-order valence-corrected chi connectivity index (χ1v) is 11.2. The molecule has 0 aromatic carbocycles. The van der Waals surface area contributed by atoms with Gasteiger partial charge in [-0.05, 0) is 42.1 Å². The van der Waals surface area contributed by atoms with Gasteiger partial charge in [0.25, 0.3) is 0 Å². The van der Waals surface area contributed by atoms with Crippen LogP contribution in [0.1, 0.15) is 40.5 Å². The quantitative estimate of drug-likeness (QED) is 0.558. The van der Waals surface area contributed by atoms with Crippen molar-refractivity contribution in [3.05, 3.63) is 0 Å². The third-order valence-electron chi connectivity index (χ3n) is 5.50. The largest absolute Gasteiger partial charge is 0.387 e. The van der Waals surface area contributed by atoms with Gasteiger partial charge in [0, 0.05) is 29.6 Å². The fourth-order valence-corrected chi connectivity index (χ4v) is 6.67. The van der Waals surface area contributed by atoms with E-state index in [4.69, 9.17) is 25.2 Å². The fraction of sp³-hybridized carbons (Fsp3) is 1.00. The van der Waals surface area contributed by atoms with Crippen LogP contribution in [-0.4, -0.2) is 62.4 Å². The zero-order valence-corrected chi connectivity index (χ0v) is 16.6. The summed E-state index contributed by atoms with van der Waals surface area (Å²) >= 11 is 3.98. The smallest absolute Gasteiger partial charge is 0.110 e. The number of thioether (sulfide) groups is 2. The molecular weight excluding hydrogens is 322 g/mol. The molecule has 3 aliphatic heterocycles. The van der Waals surface area contributed by atoms with Crippen LogP contribution in [0.25, 0.3) is 0 Å². The number of ether oxygens (including phenoxy) is 2. The number of hydrogen-bond acceptors (Lipinski definition) is 4. The maximum Gasteiger partial charge on any atom is 0.110 e. The van der Waals surface area contributed by atoms with E-state index < -0.39 is 0 Å². The predicted molar refractivity (Wildman–Crippen MR) is 105 cm³/mol. The molecule has 128 valence electrons. The van der Waals surface area contributed by atoms with Crippen molar-refractivity contribution >= 4 is 39.2 Å². The van der Waals surface area contributed by atoms with E-state index in [0.29, 0.717) is 23.0 Å². The molecule has 3 saturated heterocycles. The lowest BCUT2D eigenvalue weighted by atomic mass is 9.83. The van der Waals surface area contributed by atoms with Gasteiger partial charge in [-0.1, -0.05) is 27.7 Å². The zero-order valence-electron chi connectivity index (χ0n) is 15.0. The topological polar surface area (TPSA) is 18.5 Å². The molecule has 7 atom stereocenters. The molecule has 2 unspecified atom stereocenters. The van der Waals surface area contributed by atoms with Gasteiger partial charge in [0.05, 0.1) is 5.60 Å². The summed E-state index contributed by atoms with van der Waals surface area (Å²) in [6.45, 7) is 9.74. The molecule has 0 spiro atoms. The molecule has 0 amide bonds. The van der Waals surface area contributed by atoms with Gasteiger partial charge in [0.15, 0.2) is 0 Å². The van der Waals surface area contributed by atoms with Gasteiger partial charge in [0.1, 0.15) is 15.7 Å². The van der Waals surface area contributed by atoms with Gasteiger partial charge in [-0.25, -0.2) is 0 Å². The van der Waals surface area contributed by atoms with Crippen molar-refractivity contribution in [2.24, 2.45) is 17.8 Å². The van der Waals surface area contributed by atoms with E-state index in [-0.39, 0.29) is 17.6 Å². The van der Waals surface area contributed by atoms with Crippen LogP contribution in [0, 0.1) is 17.8 Å². The maximum atomic E-state index is 5.83. The Bertz CT molecular complexity index is 365. The summed E-state index contributed by atoms with van der Waals surface area (Å²) < 4.78 is 11.1. The van der Waals surface area contributed by atoms with Crippen molar-refractivity contribution in [1.29, 1.82) is 0 Å². The molecule has 0 saturated carbocycles. The van der Waals surface area contributed by atoms with Crippen molar-refractivity contribution in [3.8, 4) is 0 Å². The molecule has 3 heterocycles. The summed E-state index contributed by atoms with van der Waals surface area (Å²) in [5.41, 5.74) is 0.120. The molecule has 6 heteroatoms. The Balaban J connectivity index is 0.000000167. The van der Waals surface area contributed by atoms with Crippen LogP contribution in [0.2, 0.25) is 0 Å². The Hall–Kier alpha value is 0.750. The molecule has 4 radical (unpaired) electrons. The minimum atomic E-state index is -0.0105. The minimum Gasteiger partial charge on any atom is -0.387 e. The number of fused-ring (bicyclic) bond motifs is 2. The third-order valence-corrected chi connectivity index (χ3v) is 8.53. The Morgan fingerprint density at radius 1 is 1.22 bits per heavy atom. The predicted octanol–water partition coefficient (Wildman–Crippen LogP) is 3.32. The molecular formula is C17H30B2O2S2. The van der Waals surface area contributed by atoms with Crippen molar-refractivity contribution in [3.63, 3.8) is 0 Å². The Morgan fingerprint density at radius 3 is 2.35 bits per heavy atom. The fourth-order valence-electron chi connectivity index (χ4n) is 3.64. The van der Waals surface area contributed by atoms with E-state index in [0.717, 1.165) is 24.5 Å². The number of rotatable bonds is 5. The van der Waals surface area contributed by atoms with Gasteiger partial charge in [-0.15, -0.1) is 0 Å². The van der Waals surface area contributed by atoms with Gasteiger partial charge in [-0.3, -0.25) is 0 Å². The maximum absolute atomic E-state index is 5.83. The summed E-state index contributed by atoms with van der Waals surface area (Å²) in [5.74, 6) is 5.41. The van der Waals surface area contributed by atoms with Crippen LogP contribution in [0.3, 0.4) is 0 Å². The average Bonchev–Trinajstić information content (AvgIpc) is 3.11. The van der Waals surface area contributed by atoms with Crippen molar-refractivity contribution in [2.75, 3.05) is 23.9 Å². The molecule has 3 rings (SSSR count). The SMILES string of the molecule is [B][C@@H]1OCC(C)[C@H]1CSCCC.[B][C@@H]1O[C@@]2(CC)CS[C@H]1C2C. The van der Waals surface area contributed by atoms with Crippen molar-refractivity contribution in [1.82, 2.24) is 0 Å². The summed E-state index contributed by atoms with van der Waals surface area (Å²) in [6.07, 6.45) is 2.35. The van der Waals surface area contributed by atoms with Crippen LogP contribution in [0.4, 0.5) is 0 Å². The van der Waals surface area contributed by atoms with Crippen molar-refractivity contribution in [2.45, 2.75) is 63.4 Å². The molecule has 0 aromatic heterocycles. The van der Waals surface area contributed by atoms with Crippen LogP contribution in [0.15, 0.2) is 0 Å². The van der Waals surface area contributed by atoms with E-state index in [1.165, 1.54) is 12.2 Å². The second-order valence-electron chi connectivity index (χ2n) is 7.08. The van der Waals surface area contributed by atoms with Crippen LogP contribution in [-0.2, 0) is 9.47 Å². The summed E-state index contributed by atoms with van der Waals surface area (Å²) in [7, 11) is 11.6. The highest BCUT2D eigenvalue weighted by molar-refractivity contribution is 8.00. The monoisotopic (exact) mass is 352 g/mol. The normalized spacial score (nSPS) is 45.0. The Kier molecular flexibility index (Phi) is 7.78. The van der Waals surface area contributed by atoms with Crippen molar-refractivity contribution < 1.29 is 9.47 Å². The zero-order chi connectivity index (χ0) is 17.0. The van der Waals surface area contributed by atoms with Crippen LogP contribution >= 0.6 is 23.5 Å². The molecule has 0 aromatic rings. The lowest BCUT2D eigenvalue weighted by molar-refractivity contribution is -0.0154. The molecule has 2 nitrogen and oxygen atoms in total. The van der Waals surface area contributed by atoms with E-state index in [9.17, 15) is 0 Å². The first-order valence-electron chi connectivity index (χ1n) is 8.95. The lowest BCUT2D eigenvalue weighted by Crippen LogP contribution is -2.35. The second-order valence-corrected chi connectivity index (χ2v) is 9.40. The van der Waals surface area contributed by atoms with Gasteiger partial charge < -0.3 is 9.47 Å². The first kappa shape index (κ1) is 20.1. The molecule has 2 bridgehead atoms. The van der Waals surface area contributed by atoms with Crippen LogP contribution < -0.4 is 0 Å². The van der Waals surface area contributed by atoms with E-state index in [2.05, 4.69) is 27.7 Å². The highest BCUT2D eigenvalue weighted by Crippen LogP contribution is 2.52. The average molecular weight is 352 g/mol. The van der Waals surface area contributed by atoms with E-state index >= 15 is 0 Å². The molecule has 0 aliphatic carbocycles. The molecule has 3 fully saturated rings. The summed E-state index contributed by atoms with van der Waals surface area (Å²) in [4.78, 5) is 0. The number of hydrogen-bond donors (Lipinski definition) is 0. The molecule has 23 heavy (non-hydrogen) atoms. The highest BCUT2D eigenvalue weighted by Gasteiger charge is 2.55. The van der Waals surface area contributed by atoms with Gasteiger partial charge in [-0.2, -0.15) is 23.5 Å². The minimum absolute atomic E-state index is 0.00986. The Labute approximate surface area is 153 Å². The first-order chi connectivity index (χ1) is 10.9. The standard InChI is InChI=1S/C9H17BOS.C8H13BOS/c1-3-4-12-6-8-7(2)5-11-9(8)10;1-3-8-4-11-6(5(8)2)7(9)10-8/h7-9H,3-6H2,1-2H3;5-7H,3-4H2,1-2H3/t7?,8-,9-;5?,6-,7+,8-/m10/s1. The van der Waals surface area contributed by atoms with E-state index in [1.807, 2.05) is 23.5 Å². The van der Waals surface area contributed by atoms with Gasteiger partial charge in [0.2, 0.25) is 0 Å². The third kappa shape index (κ3) is 4.48. The lowest BCUT2D eigenvalue weighted by Gasteiger charge is -2.29. The van der Waals surface area contributed by atoms with E-state index in [1.54, 1.807) is 0 Å². The molecule has 3 aliphatic rings. The van der Waals surface area contributed by atoms with Crippen LogP contribution in [0.5, 0.6) is 0 Å². The second kappa shape index (κ2) is 8.91. The Morgan fingerprint density at radius 2 is 1.96 bits per heavy atom. The highest BCUT2D eigenvalue weighted by atomic mass is 32.2. The summed E-state index contributed by atoms with van der Waals surface area (Å²) in [6, 6.07) is -0.0203. The van der Waals surface area contributed by atoms with Gasteiger partial charge >= 0.3 is 0 Å². The molecule has 0 N–H and O–H groups in total. The summed E-state index contributed by atoms with van der Waals surface area (Å²) in [5, 5.41) is 0.551.